The summed E-state index contributed by atoms with van der Waals surface area (Å²) in [4.78, 5) is 4.93. The van der Waals surface area contributed by atoms with Crippen molar-refractivity contribution in [1.82, 2.24) is 10.3 Å². The van der Waals surface area contributed by atoms with Gasteiger partial charge in [0, 0.05) is 25.5 Å². The van der Waals surface area contributed by atoms with Gasteiger partial charge in [-0.2, -0.15) is 0 Å². The SMILES string of the molecule is Cc1nc2c(cc1C1CCOCC1)CC[C@@]1(CCNC1)N2.Cl.Cl. The first-order valence-corrected chi connectivity index (χ1v) is 8.33. The number of nitrogens with one attached hydrogen (secondary N) is 2. The zero-order chi connectivity index (χ0) is 14.3. The largest absolute Gasteiger partial charge is 0.381 e. The highest BCUT2D eigenvalue weighted by Crippen LogP contribution is 2.37. The predicted molar refractivity (Wildman–Crippen MR) is 98.4 cm³/mol. The Morgan fingerprint density at radius 2 is 2.00 bits per heavy atom. The summed E-state index contributed by atoms with van der Waals surface area (Å²) in [5, 5.41) is 7.23. The Kier molecular flexibility index (Phi) is 6.17. The summed E-state index contributed by atoms with van der Waals surface area (Å²) in [5.74, 6) is 1.78. The quantitative estimate of drug-likeness (QED) is 0.807. The molecule has 0 aliphatic carbocycles. The van der Waals surface area contributed by atoms with Crippen molar-refractivity contribution in [3.05, 3.63) is 22.9 Å². The van der Waals surface area contributed by atoms with Crippen LogP contribution in [0.2, 0.25) is 0 Å². The second-order valence-electron chi connectivity index (χ2n) is 6.89. The molecule has 2 N–H and O–H groups in total. The Balaban J connectivity index is 0.000000960. The van der Waals surface area contributed by atoms with Crippen molar-refractivity contribution in [2.45, 2.75) is 50.5 Å². The van der Waals surface area contributed by atoms with Crippen molar-refractivity contribution < 1.29 is 4.74 Å². The predicted octanol–water partition coefficient (Wildman–Crippen LogP) is 3.22. The molecule has 130 valence electrons. The first-order valence-electron chi connectivity index (χ1n) is 8.33. The van der Waals surface area contributed by atoms with Crippen LogP contribution in [0, 0.1) is 6.92 Å². The Morgan fingerprint density at radius 1 is 1.22 bits per heavy atom. The molecule has 0 unspecified atom stereocenters. The molecule has 2 saturated heterocycles. The lowest BCUT2D eigenvalue weighted by molar-refractivity contribution is 0.0851. The number of hydrogen-bond donors (Lipinski definition) is 2. The summed E-state index contributed by atoms with van der Waals surface area (Å²) in [7, 11) is 0. The van der Waals surface area contributed by atoms with Crippen LogP contribution in [0.25, 0.3) is 0 Å². The molecule has 23 heavy (non-hydrogen) atoms. The van der Waals surface area contributed by atoms with Crippen molar-refractivity contribution in [3.63, 3.8) is 0 Å². The molecule has 0 amide bonds. The Bertz CT molecular complexity index is 541. The number of hydrogen-bond acceptors (Lipinski definition) is 4. The van der Waals surface area contributed by atoms with Gasteiger partial charge < -0.3 is 15.4 Å². The van der Waals surface area contributed by atoms with Gasteiger partial charge >= 0.3 is 0 Å². The van der Waals surface area contributed by atoms with Gasteiger partial charge in [0.25, 0.3) is 0 Å². The lowest BCUT2D eigenvalue weighted by Gasteiger charge is -2.36. The molecule has 3 aliphatic rings. The molecule has 1 aromatic heterocycles. The minimum atomic E-state index is 0. The highest BCUT2D eigenvalue weighted by atomic mass is 35.5. The monoisotopic (exact) mass is 359 g/mol. The Morgan fingerprint density at radius 3 is 2.70 bits per heavy atom. The lowest BCUT2D eigenvalue weighted by Crippen LogP contribution is -2.44. The molecular formula is C17H27Cl2N3O. The van der Waals surface area contributed by atoms with Crippen LogP contribution in [0.15, 0.2) is 6.07 Å². The van der Waals surface area contributed by atoms with E-state index in [0.29, 0.717) is 5.92 Å². The fourth-order valence-corrected chi connectivity index (χ4v) is 4.14. The van der Waals surface area contributed by atoms with E-state index >= 15 is 0 Å². The van der Waals surface area contributed by atoms with E-state index in [9.17, 15) is 0 Å². The van der Waals surface area contributed by atoms with Crippen LogP contribution >= 0.6 is 24.8 Å². The topological polar surface area (TPSA) is 46.2 Å². The van der Waals surface area contributed by atoms with E-state index in [1.807, 2.05) is 0 Å². The zero-order valence-electron chi connectivity index (χ0n) is 13.7. The van der Waals surface area contributed by atoms with Crippen molar-refractivity contribution in [1.29, 1.82) is 0 Å². The highest BCUT2D eigenvalue weighted by molar-refractivity contribution is 5.85. The molecule has 2 fully saturated rings. The average molecular weight is 360 g/mol. The van der Waals surface area contributed by atoms with E-state index < -0.39 is 0 Å². The molecule has 4 nitrogen and oxygen atoms in total. The lowest BCUT2D eigenvalue weighted by atomic mass is 9.84. The molecule has 6 heteroatoms. The smallest absolute Gasteiger partial charge is 0.129 e. The summed E-state index contributed by atoms with van der Waals surface area (Å²) >= 11 is 0. The van der Waals surface area contributed by atoms with Crippen LogP contribution in [-0.4, -0.2) is 36.8 Å². The summed E-state index contributed by atoms with van der Waals surface area (Å²) < 4.78 is 5.50. The van der Waals surface area contributed by atoms with E-state index in [-0.39, 0.29) is 30.4 Å². The molecule has 3 aliphatic heterocycles. The van der Waals surface area contributed by atoms with Gasteiger partial charge in [-0.05, 0) is 62.6 Å². The number of fused-ring (bicyclic) bond motifs is 1. The molecule has 1 spiro atoms. The van der Waals surface area contributed by atoms with E-state index in [1.165, 1.54) is 29.7 Å². The minimum absolute atomic E-state index is 0. The van der Waals surface area contributed by atoms with Crippen LogP contribution in [0.3, 0.4) is 0 Å². The summed E-state index contributed by atoms with van der Waals surface area (Å²) in [6.45, 7) is 6.17. The third-order valence-corrected chi connectivity index (χ3v) is 5.49. The average Bonchev–Trinajstić information content (AvgIpc) is 2.95. The standard InChI is InChI=1S/C17H25N3O.2ClH/c1-12-15(13-3-8-21-9-4-13)10-14-2-5-17(6-7-18-11-17)20-16(14)19-12;;/h10,13,18H,2-9,11H2,1H3,(H,19,20);2*1H/t17-;;/m0../s1. The fraction of sp³-hybridized carbons (Fsp3) is 0.706. The van der Waals surface area contributed by atoms with Gasteiger partial charge in [0.2, 0.25) is 0 Å². The molecule has 0 bridgehead atoms. The number of aryl methyl sites for hydroxylation is 2. The van der Waals surface area contributed by atoms with Crippen LogP contribution in [-0.2, 0) is 11.2 Å². The third-order valence-electron chi connectivity index (χ3n) is 5.49. The van der Waals surface area contributed by atoms with E-state index in [4.69, 9.17) is 9.72 Å². The van der Waals surface area contributed by atoms with E-state index in [0.717, 1.165) is 51.4 Å². The molecule has 0 saturated carbocycles. The summed E-state index contributed by atoms with van der Waals surface area (Å²) in [5.41, 5.74) is 4.34. The third kappa shape index (κ3) is 3.60. The number of pyridine rings is 1. The molecule has 0 radical (unpaired) electrons. The van der Waals surface area contributed by atoms with Crippen LogP contribution < -0.4 is 10.6 Å². The highest BCUT2D eigenvalue weighted by Gasteiger charge is 2.37. The maximum atomic E-state index is 5.50. The maximum Gasteiger partial charge on any atom is 0.129 e. The zero-order valence-corrected chi connectivity index (χ0v) is 15.3. The summed E-state index contributed by atoms with van der Waals surface area (Å²) in [6.07, 6.45) is 5.89. The van der Waals surface area contributed by atoms with Gasteiger partial charge in [-0.1, -0.05) is 6.07 Å². The normalized spacial score (nSPS) is 26.8. The van der Waals surface area contributed by atoms with Crippen molar-refractivity contribution in [2.75, 3.05) is 31.6 Å². The van der Waals surface area contributed by atoms with E-state index in [1.54, 1.807) is 0 Å². The number of aromatic nitrogens is 1. The molecule has 1 atom stereocenters. The van der Waals surface area contributed by atoms with Gasteiger partial charge in [-0.15, -0.1) is 24.8 Å². The van der Waals surface area contributed by atoms with Gasteiger partial charge in [-0.3, -0.25) is 0 Å². The van der Waals surface area contributed by atoms with Gasteiger partial charge in [0.1, 0.15) is 5.82 Å². The molecule has 1 aromatic rings. The second kappa shape index (κ2) is 7.56. The Labute approximate surface area is 151 Å². The van der Waals surface area contributed by atoms with Crippen molar-refractivity contribution in [3.8, 4) is 0 Å². The number of ether oxygens (including phenoxy) is 1. The number of halogens is 2. The van der Waals surface area contributed by atoms with Gasteiger partial charge in [0.15, 0.2) is 0 Å². The number of nitrogens with zero attached hydrogens (tertiary/aromatic N) is 1. The van der Waals surface area contributed by atoms with E-state index in [2.05, 4.69) is 23.6 Å². The maximum absolute atomic E-state index is 5.50. The molecule has 4 heterocycles. The first kappa shape index (κ1) is 18.8. The minimum Gasteiger partial charge on any atom is -0.381 e. The molecule has 4 rings (SSSR count). The molecular weight excluding hydrogens is 333 g/mol. The summed E-state index contributed by atoms with van der Waals surface area (Å²) in [6, 6.07) is 2.43. The second-order valence-corrected chi connectivity index (χ2v) is 6.89. The van der Waals surface area contributed by atoms with Crippen molar-refractivity contribution in [2.24, 2.45) is 0 Å². The first-order chi connectivity index (χ1) is 10.3. The van der Waals surface area contributed by atoms with Crippen LogP contribution in [0.4, 0.5) is 5.82 Å². The fourth-order valence-electron chi connectivity index (χ4n) is 4.14. The van der Waals surface area contributed by atoms with Crippen LogP contribution in [0.5, 0.6) is 0 Å². The van der Waals surface area contributed by atoms with Crippen molar-refractivity contribution >= 4 is 30.6 Å². The Hall–Kier alpha value is -0.550. The molecule has 0 aromatic carbocycles. The van der Waals surface area contributed by atoms with Gasteiger partial charge in [0.05, 0.1) is 5.54 Å². The number of anilines is 1. The van der Waals surface area contributed by atoms with Crippen LogP contribution in [0.1, 0.15) is 48.4 Å². The van der Waals surface area contributed by atoms with Gasteiger partial charge in [-0.25, -0.2) is 4.98 Å². The number of rotatable bonds is 1.